The van der Waals surface area contributed by atoms with Crippen LogP contribution in [0.15, 0.2) is 28.4 Å². The Morgan fingerprint density at radius 1 is 1.25 bits per heavy atom. The van der Waals surface area contributed by atoms with Crippen LogP contribution in [0.1, 0.15) is 20.7 Å². The lowest BCUT2D eigenvalue weighted by Crippen LogP contribution is -2.24. The molecule has 0 radical (unpaired) electrons. The normalized spacial score (nSPS) is 15.1. The third kappa shape index (κ3) is 1.36. The first-order chi connectivity index (χ1) is 7.57. The van der Waals surface area contributed by atoms with E-state index < -0.39 is 0 Å². The number of carbonyl (C=O) groups excluding carboxylic acids is 2. The van der Waals surface area contributed by atoms with Crippen molar-refractivity contribution in [2.45, 2.75) is 0 Å². The number of fused-ring (bicyclic) bond motifs is 1. The molecule has 5 heteroatoms. The number of nitrogens with two attached hydrogens (primary N) is 1. The minimum Gasteiger partial charge on any atom is -0.496 e. The van der Waals surface area contributed by atoms with Gasteiger partial charge in [-0.25, -0.2) is 0 Å². The van der Waals surface area contributed by atoms with E-state index >= 15 is 0 Å². The van der Waals surface area contributed by atoms with Gasteiger partial charge in [-0.3, -0.25) is 9.59 Å². The van der Waals surface area contributed by atoms with Crippen molar-refractivity contribution in [3.63, 3.8) is 0 Å². The smallest absolute Gasteiger partial charge is 0.214 e. The molecule has 0 bridgehead atoms. The van der Waals surface area contributed by atoms with Gasteiger partial charge >= 0.3 is 0 Å². The van der Waals surface area contributed by atoms with Crippen LogP contribution in [0.25, 0.3) is 0 Å². The fraction of sp³-hybridized carbons (Fsp3) is 0.0909. The number of hydrogen-bond donors (Lipinski definition) is 1. The number of hydrogen-bond acceptors (Lipinski definition) is 4. The van der Waals surface area contributed by atoms with Crippen LogP contribution in [-0.4, -0.2) is 18.7 Å². The zero-order valence-corrected chi connectivity index (χ0v) is 10.00. The van der Waals surface area contributed by atoms with Crippen LogP contribution in [0.2, 0.25) is 0 Å². The van der Waals surface area contributed by atoms with Crippen molar-refractivity contribution in [2.24, 2.45) is 5.73 Å². The largest absolute Gasteiger partial charge is 0.496 e. The van der Waals surface area contributed by atoms with E-state index in [9.17, 15) is 9.59 Å². The van der Waals surface area contributed by atoms with E-state index in [-0.39, 0.29) is 27.3 Å². The van der Waals surface area contributed by atoms with Crippen LogP contribution >= 0.6 is 15.9 Å². The van der Waals surface area contributed by atoms with E-state index in [0.29, 0.717) is 11.3 Å². The first kappa shape index (κ1) is 10.9. The molecule has 1 aromatic carbocycles. The molecule has 0 heterocycles. The monoisotopic (exact) mass is 281 g/mol. The van der Waals surface area contributed by atoms with Gasteiger partial charge in [0.15, 0.2) is 0 Å². The van der Waals surface area contributed by atoms with Crippen molar-refractivity contribution in [1.29, 1.82) is 0 Å². The first-order valence-electron chi connectivity index (χ1n) is 4.49. The number of allylic oxidation sites excluding steroid dienone is 2. The van der Waals surface area contributed by atoms with E-state index in [2.05, 4.69) is 15.9 Å². The molecule has 2 rings (SSSR count). The number of ether oxygens (including phenoxy) is 1. The fourth-order valence-corrected chi connectivity index (χ4v) is 1.99. The molecular formula is C11H8BrNO3. The van der Waals surface area contributed by atoms with E-state index in [1.165, 1.54) is 7.11 Å². The Bertz CT molecular complexity index is 534. The van der Waals surface area contributed by atoms with E-state index in [1.54, 1.807) is 18.2 Å². The second kappa shape index (κ2) is 3.75. The Balaban J connectivity index is 2.76. The summed E-state index contributed by atoms with van der Waals surface area (Å²) < 4.78 is 5.16. The topological polar surface area (TPSA) is 69.4 Å². The van der Waals surface area contributed by atoms with Gasteiger partial charge in [0, 0.05) is 5.56 Å². The summed E-state index contributed by atoms with van der Waals surface area (Å²) in [5.74, 6) is -0.330. The van der Waals surface area contributed by atoms with Crippen molar-refractivity contribution < 1.29 is 14.3 Å². The minimum atomic E-state index is -0.390. The fourth-order valence-electron chi connectivity index (χ4n) is 1.60. The molecule has 0 saturated carbocycles. The second-order valence-electron chi connectivity index (χ2n) is 3.27. The molecule has 0 fully saturated rings. The van der Waals surface area contributed by atoms with E-state index in [0.717, 1.165) is 0 Å². The van der Waals surface area contributed by atoms with Crippen molar-refractivity contribution in [3.8, 4) is 5.75 Å². The lowest BCUT2D eigenvalue weighted by molar-refractivity contribution is 0.0978. The zero-order chi connectivity index (χ0) is 11.9. The molecule has 0 saturated heterocycles. The number of rotatable bonds is 1. The van der Waals surface area contributed by atoms with Gasteiger partial charge in [0.2, 0.25) is 11.6 Å². The lowest BCUT2D eigenvalue weighted by Gasteiger charge is -2.17. The van der Waals surface area contributed by atoms with Gasteiger partial charge in [-0.1, -0.05) is 6.07 Å². The van der Waals surface area contributed by atoms with Crippen molar-refractivity contribution >= 4 is 27.5 Å². The van der Waals surface area contributed by atoms with Gasteiger partial charge in [-0.15, -0.1) is 0 Å². The number of carbonyl (C=O) groups is 2. The highest BCUT2D eigenvalue weighted by Gasteiger charge is 2.31. The van der Waals surface area contributed by atoms with Gasteiger partial charge in [-0.05, 0) is 28.1 Å². The summed E-state index contributed by atoms with van der Waals surface area (Å²) in [5, 5.41) is 0. The minimum absolute atomic E-state index is 0.0815. The van der Waals surface area contributed by atoms with Crippen molar-refractivity contribution in [1.82, 2.24) is 0 Å². The highest BCUT2D eigenvalue weighted by atomic mass is 79.9. The maximum atomic E-state index is 11.9. The molecule has 0 aliphatic heterocycles. The van der Waals surface area contributed by atoms with Crippen molar-refractivity contribution in [2.75, 3.05) is 7.11 Å². The molecule has 1 aliphatic rings. The average molecular weight is 282 g/mol. The van der Waals surface area contributed by atoms with Crippen molar-refractivity contribution in [3.05, 3.63) is 39.5 Å². The standard InChI is InChI=1S/C11H8BrNO3/c1-16-6-4-2-3-5-7(6)11(15)9(13)8(12)10(5)14/h2-4H,13H2,1H3. The number of halogens is 1. The Kier molecular flexibility index (Phi) is 2.55. The molecule has 1 aromatic rings. The Morgan fingerprint density at radius 2 is 1.94 bits per heavy atom. The van der Waals surface area contributed by atoms with Crippen LogP contribution in [0.3, 0.4) is 0 Å². The van der Waals surface area contributed by atoms with Gasteiger partial charge in [0.1, 0.15) is 5.75 Å². The van der Waals surface area contributed by atoms with Crippen LogP contribution in [0.4, 0.5) is 0 Å². The predicted molar refractivity (Wildman–Crippen MR) is 61.8 cm³/mol. The van der Waals surface area contributed by atoms with Crippen LogP contribution in [-0.2, 0) is 0 Å². The highest BCUT2D eigenvalue weighted by Crippen LogP contribution is 2.32. The highest BCUT2D eigenvalue weighted by molar-refractivity contribution is 9.12. The van der Waals surface area contributed by atoms with E-state index in [4.69, 9.17) is 10.5 Å². The molecule has 0 aromatic heterocycles. The molecule has 1 aliphatic carbocycles. The summed E-state index contributed by atoms with van der Waals surface area (Å²) >= 11 is 3.02. The summed E-state index contributed by atoms with van der Waals surface area (Å²) in [4.78, 5) is 23.8. The summed E-state index contributed by atoms with van der Waals surface area (Å²) in [6.07, 6.45) is 0. The average Bonchev–Trinajstić information content (AvgIpc) is 2.32. The van der Waals surface area contributed by atoms with E-state index in [1.807, 2.05) is 0 Å². The maximum Gasteiger partial charge on any atom is 0.214 e. The van der Waals surface area contributed by atoms with Crippen LogP contribution < -0.4 is 10.5 Å². The van der Waals surface area contributed by atoms with Gasteiger partial charge in [0.05, 0.1) is 22.9 Å². The van der Waals surface area contributed by atoms with Crippen LogP contribution in [0.5, 0.6) is 5.75 Å². The second-order valence-corrected chi connectivity index (χ2v) is 4.06. The molecule has 2 N–H and O–H groups in total. The molecule has 0 amide bonds. The van der Waals surface area contributed by atoms with Gasteiger partial charge in [0.25, 0.3) is 0 Å². The molecule has 82 valence electrons. The Hall–Kier alpha value is -1.62. The van der Waals surface area contributed by atoms with Gasteiger partial charge in [-0.2, -0.15) is 0 Å². The molecule has 0 atom stereocenters. The SMILES string of the molecule is COc1cccc2c1C(=O)C(N)=C(Br)C2=O. The van der Waals surface area contributed by atoms with Crippen LogP contribution in [0, 0.1) is 0 Å². The maximum absolute atomic E-state index is 11.9. The lowest BCUT2D eigenvalue weighted by atomic mass is 9.92. The predicted octanol–water partition coefficient (Wildman–Crippen LogP) is 1.64. The molecule has 4 nitrogen and oxygen atoms in total. The summed E-state index contributed by atoms with van der Waals surface area (Å²) in [6.45, 7) is 0. The zero-order valence-electron chi connectivity index (χ0n) is 8.41. The molecular weight excluding hydrogens is 274 g/mol. The number of benzene rings is 1. The first-order valence-corrected chi connectivity index (χ1v) is 5.29. The third-order valence-corrected chi connectivity index (χ3v) is 3.19. The molecule has 16 heavy (non-hydrogen) atoms. The summed E-state index contributed by atoms with van der Waals surface area (Å²) in [5.41, 5.74) is 6.02. The van der Waals surface area contributed by atoms with Gasteiger partial charge < -0.3 is 10.5 Å². The molecule has 0 unspecified atom stereocenters. The Labute approximate surface area is 100 Å². The number of ketones is 2. The summed E-state index contributed by atoms with van der Waals surface area (Å²) in [6, 6.07) is 4.85. The molecule has 0 spiro atoms. The number of methoxy groups -OCH3 is 1. The quantitative estimate of drug-likeness (QED) is 0.850. The number of Topliss-reactive ketones (excluding diaryl/α,β-unsaturated/α-hetero) is 2. The summed E-state index contributed by atoms with van der Waals surface area (Å²) in [7, 11) is 1.44. The Morgan fingerprint density at radius 3 is 2.56 bits per heavy atom. The third-order valence-electron chi connectivity index (χ3n) is 2.40.